The quantitative estimate of drug-likeness (QED) is 0.918. The van der Waals surface area contributed by atoms with E-state index in [0.717, 1.165) is 12.8 Å². The molecular weight excluding hydrogens is 266 g/mol. The Hall–Kier alpha value is -1.40. The van der Waals surface area contributed by atoms with Crippen molar-refractivity contribution in [2.75, 3.05) is 13.1 Å². The second-order valence-electron chi connectivity index (χ2n) is 4.94. The van der Waals surface area contributed by atoms with Crippen molar-refractivity contribution in [1.29, 1.82) is 0 Å². The predicted molar refractivity (Wildman–Crippen MR) is 70.6 cm³/mol. The number of hydrogen-bond acceptors (Lipinski definition) is 3. The molecule has 0 bridgehead atoms. The number of carbonyl (C=O) groups is 1. The summed E-state index contributed by atoms with van der Waals surface area (Å²) in [6, 6.07) is 5.52. The molecular formula is C13H17NO4S. The Labute approximate surface area is 112 Å². The minimum Gasteiger partial charge on any atom is -0.478 e. The number of hydrogen-bond donors (Lipinski definition) is 1. The molecule has 0 amide bonds. The SMILES string of the molecule is CC1CCCN(S(=O)(=O)c2cccc(C(=O)O)c2)C1. The highest BCUT2D eigenvalue weighted by atomic mass is 32.2. The van der Waals surface area contributed by atoms with Crippen molar-refractivity contribution in [3.8, 4) is 0 Å². The molecule has 0 radical (unpaired) electrons. The smallest absolute Gasteiger partial charge is 0.335 e. The molecule has 1 aliphatic rings. The lowest BCUT2D eigenvalue weighted by Gasteiger charge is -2.30. The fraction of sp³-hybridized carbons (Fsp3) is 0.462. The molecule has 1 heterocycles. The molecule has 19 heavy (non-hydrogen) atoms. The van der Waals surface area contributed by atoms with Gasteiger partial charge in [0.25, 0.3) is 0 Å². The molecule has 1 fully saturated rings. The molecule has 1 saturated heterocycles. The molecule has 1 aliphatic heterocycles. The highest BCUT2D eigenvalue weighted by Crippen LogP contribution is 2.23. The van der Waals surface area contributed by atoms with Gasteiger partial charge in [-0.25, -0.2) is 13.2 Å². The Balaban J connectivity index is 2.33. The van der Waals surface area contributed by atoms with E-state index in [1.54, 1.807) is 0 Å². The zero-order valence-corrected chi connectivity index (χ0v) is 11.6. The third-order valence-corrected chi connectivity index (χ3v) is 5.20. The van der Waals surface area contributed by atoms with Crippen LogP contribution < -0.4 is 0 Å². The summed E-state index contributed by atoms with van der Waals surface area (Å²) < 4.78 is 26.3. The summed E-state index contributed by atoms with van der Waals surface area (Å²) in [6.45, 7) is 3.03. The van der Waals surface area contributed by atoms with Gasteiger partial charge in [0.15, 0.2) is 0 Å². The van der Waals surface area contributed by atoms with Crippen LogP contribution in [-0.2, 0) is 10.0 Å². The second-order valence-corrected chi connectivity index (χ2v) is 6.88. The van der Waals surface area contributed by atoms with Crippen molar-refractivity contribution in [3.05, 3.63) is 29.8 Å². The van der Waals surface area contributed by atoms with Gasteiger partial charge in [-0.05, 0) is 37.0 Å². The van der Waals surface area contributed by atoms with Crippen LogP contribution in [0.3, 0.4) is 0 Å². The number of sulfonamides is 1. The van der Waals surface area contributed by atoms with Crippen molar-refractivity contribution >= 4 is 16.0 Å². The maximum Gasteiger partial charge on any atom is 0.335 e. The van der Waals surface area contributed by atoms with Gasteiger partial charge in [0, 0.05) is 13.1 Å². The summed E-state index contributed by atoms with van der Waals surface area (Å²) >= 11 is 0. The molecule has 0 spiro atoms. The Bertz CT molecular complexity index is 582. The number of carboxylic acid groups (broad SMARTS) is 1. The highest BCUT2D eigenvalue weighted by Gasteiger charge is 2.28. The third kappa shape index (κ3) is 2.96. The van der Waals surface area contributed by atoms with Crippen LogP contribution in [0.15, 0.2) is 29.2 Å². The van der Waals surface area contributed by atoms with Gasteiger partial charge in [-0.15, -0.1) is 0 Å². The molecule has 6 heteroatoms. The first-order valence-electron chi connectivity index (χ1n) is 6.25. The number of aromatic carboxylic acids is 1. The maximum atomic E-state index is 12.4. The van der Waals surface area contributed by atoms with Crippen LogP contribution in [0.5, 0.6) is 0 Å². The van der Waals surface area contributed by atoms with Crippen molar-refractivity contribution in [2.45, 2.75) is 24.7 Å². The lowest BCUT2D eigenvalue weighted by atomic mass is 10.0. The summed E-state index contributed by atoms with van der Waals surface area (Å²) in [7, 11) is -3.58. The van der Waals surface area contributed by atoms with Crippen LogP contribution in [0, 0.1) is 5.92 Å². The van der Waals surface area contributed by atoms with Gasteiger partial charge in [-0.1, -0.05) is 13.0 Å². The van der Waals surface area contributed by atoms with Crippen molar-refractivity contribution in [1.82, 2.24) is 4.31 Å². The van der Waals surface area contributed by atoms with E-state index < -0.39 is 16.0 Å². The Morgan fingerprint density at radius 2 is 2.16 bits per heavy atom. The molecule has 1 unspecified atom stereocenters. The largest absolute Gasteiger partial charge is 0.478 e. The number of rotatable bonds is 3. The average Bonchev–Trinajstić information content (AvgIpc) is 2.39. The van der Waals surface area contributed by atoms with E-state index in [4.69, 9.17) is 5.11 Å². The minimum atomic E-state index is -3.58. The van der Waals surface area contributed by atoms with E-state index in [2.05, 4.69) is 0 Å². The first-order chi connectivity index (χ1) is 8.91. The number of benzene rings is 1. The monoisotopic (exact) mass is 283 g/mol. The molecule has 0 saturated carbocycles. The molecule has 1 N–H and O–H groups in total. The molecule has 0 aromatic heterocycles. The summed E-state index contributed by atoms with van der Waals surface area (Å²) in [5.41, 5.74) is -0.00821. The van der Waals surface area contributed by atoms with E-state index >= 15 is 0 Å². The fourth-order valence-corrected chi connectivity index (χ4v) is 3.95. The Morgan fingerprint density at radius 1 is 1.42 bits per heavy atom. The molecule has 2 rings (SSSR count). The zero-order valence-electron chi connectivity index (χ0n) is 10.7. The van der Waals surface area contributed by atoms with Crippen molar-refractivity contribution in [2.24, 2.45) is 5.92 Å². The standard InChI is InChI=1S/C13H17NO4S/c1-10-4-3-7-14(9-10)19(17,18)12-6-2-5-11(8-12)13(15)16/h2,5-6,8,10H,3-4,7,9H2,1H3,(H,15,16). The average molecular weight is 283 g/mol. The van der Waals surface area contributed by atoms with Crippen LogP contribution in [0.2, 0.25) is 0 Å². The van der Waals surface area contributed by atoms with E-state index in [-0.39, 0.29) is 10.5 Å². The number of nitrogens with zero attached hydrogens (tertiary/aromatic N) is 1. The van der Waals surface area contributed by atoms with Gasteiger partial charge < -0.3 is 5.11 Å². The summed E-state index contributed by atoms with van der Waals surface area (Å²) in [4.78, 5) is 11.0. The van der Waals surface area contributed by atoms with Crippen LogP contribution in [0.25, 0.3) is 0 Å². The fourth-order valence-electron chi connectivity index (χ4n) is 2.30. The zero-order chi connectivity index (χ0) is 14.0. The lowest BCUT2D eigenvalue weighted by molar-refractivity contribution is 0.0696. The molecule has 0 aliphatic carbocycles. The number of piperidine rings is 1. The van der Waals surface area contributed by atoms with Crippen LogP contribution in [-0.4, -0.2) is 36.9 Å². The molecule has 1 atom stereocenters. The summed E-state index contributed by atoms with van der Waals surface area (Å²) in [5, 5.41) is 8.92. The van der Waals surface area contributed by atoms with E-state index in [1.807, 2.05) is 6.92 Å². The van der Waals surface area contributed by atoms with E-state index in [1.165, 1.54) is 28.6 Å². The Morgan fingerprint density at radius 3 is 2.79 bits per heavy atom. The maximum absolute atomic E-state index is 12.4. The Kier molecular flexibility index (Phi) is 3.91. The van der Waals surface area contributed by atoms with Crippen molar-refractivity contribution in [3.63, 3.8) is 0 Å². The molecule has 1 aromatic carbocycles. The van der Waals surface area contributed by atoms with Crippen LogP contribution in [0.4, 0.5) is 0 Å². The first kappa shape index (κ1) is 14.0. The second kappa shape index (κ2) is 5.30. The van der Waals surface area contributed by atoms with Gasteiger partial charge in [0.2, 0.25) is 10.0 Å². The topological polar surface area (TPSA) is 74.7 Å². The minimum absolute atomic E-state index is 0.00821. The molecule has 104 valence electrons. The lowest BCUT2D eigenvalue weighted by Crippen LogP contribution is -2.39. The van der Waals surface area contributed by atoms with Gasteiger partial charge in [-0.2, -0.15) is 4.31 Å². The summed E-state index contributed by atoms with van der Waals surface area (Å²) in [6.07, 6.45) is 1.88. The normalized spacial score (nSPS) is 21.2. The van der Waals surface area contributed by atoms with Gasteiger partial charge in [0.05, 0.1) is 10.5 Å². The summed E-state index contributed by atoms with van der Waals surface area (Å²) in [5.74, 6) is -0.782. The highest BCUT2D eigenvalue weighted by molar-refractivity contribution is 7.89. The predicted octanol–water partition coefficient (Wildman–Crippen LogP) is 1.81. The first-order valence-corrected chi connectivity index (χ1v) is 7.69. The van der Waals surface area contributed by atoms with Gasteiger partial charge >= 0.3 is 5.97 Å². The van der Waals surface area contributed by atoms with Crippen LogP contribution >= 0.6 is 0 Å². The van der Waals surface area contributed by atoms with E-state index in [9.17, 15) is 13.2 Å². The third-order valence-electron chi connectivity index (χ3n) is 3.34. The van der Waals surface area contributed by atoms with Crippen molar-refractivity contribution < 1.29 is 18.3 Å². The molecule has 5 nitrogen and oxygen atoms in total. The van der Waals surface area contributed by atoms with Gasteiger partial charge in [-0.3, -0.25) is 0 Å². The molecule has 1 aromatic rings. The van der Waals surface area contributed by atoms with Crippen LogP contribution in [0.1, 0.15) is 30.1 Å². The van der Waals surface area contributed by atoms with Gasteiger partial charge in [0.1, 0.15) is 0 Å². The number of carboxylic acids is 1. The van der Waals surface area contributed by atoms with E-state index in [0.29, 0.717) is 19.0 Å².